The zero-order chi connectivity index (χ0) is 13.1. The van der Waals surface area contributed by atoms with Crippen molar-refractivity contribution in [2.45, 2.75) is 6.92 Å². The van der Waals surface area contributed by atoms with Crippen LogP contribution in [0.15, 0.2) is 59.7 Å². The van der Waals surface area contributed by atoms with Crippen LogP contribution < -0.4 is 10.8 Å². The molecule has 19 heavy (non-hydrogen) atoms. The van der Waals surface area contributed by atoms with E-state index in [2.05, 4.69) is 41.6 Å². The SMILES string of the molecule is Cc1ccc(B2NN=C(c3ccccc3)CO2)cc1. The predicted octanol–water partition coefficient (Wildman–Crippen LogP) is 1.71. The van der Waals surface area contributed by atoms with Gasteiger partial charge in [0.2, 0.25) is 0 Å². The summed E-state index contributed by atoms with van der Waals surface area (Å²) in [6, 6.07) is 18.4. The largest absolute Gasteiger partial charge is 0.466 e. The second kappa shape index (κ2) is 5.28. The fourth-order valence-electron chi connectivity index (χ4n) is 2.06. The number of hydrogen-bond acceptors (Lipinski definition) is 3. The quantitative estimate of drug-likeness (QED) is 0.823. The second-order valence-corrected chi connectivity index (χ2v) is 4.66. The Morgan fingerprint density at radius 2 is 1.79 bits per heavy atom. The maximum atomic E-state index is 5.83. The number of nitrogens with zero attached hydrogens (tertiary/aromatic N) is 1. The molecule has 0 radical (unpaired) electrons. The van der Waals surface area contributed by atoms with Crippen LogP contribution in [0.3, 0.4) is 0 Å². The molecule has 3 rings (SSSR count). The molecule has 3 nitrogen and oxygen atoms in total. The first-order chi connectivity index (χ1) is 9.33. The number of rotatable bonds is 2. The smallest absolute Gasteiger partial charge is 0.406 e. The number of hydrazone groups is 1. The molecule has 0 amide bonds. The van der Waals surface area contributed by atoms with Crippen LogP contribution >= 0.6 is 0 Å². The molecule has 0 aliphatic carbocycles. The highest BCUT2D eigenvalue weighted by molar-refractivity contribution is 6.65. The van der Waals surface area contributed by atoms with Crippen LogP contribution in [0.25, 0.3) is 0 Å². The topological polar surface area (TPSA) is 33.6 Å². The fraction of sp³-hybridized carbons (Fsp3) is 0.133. The summed E-state index contributed by atoms with van der Waals surface area (Å²) in [4.78, 5) is 0. The maximum absolute atomic E-state index is 5.83. The van der Waals surface area contributed by atoms with Gasteiger partial charge < -0.3 is 9.99 Å². The highest BCUT2D eigenvalue weighted by Gasteiger charge is 2.24. The van der Waals surface area contributed by atoms with E-state index >= 15 is 0 Å². The summed E-state index contributed by atoms with van der Waals surface area (Å²) < 4.78 is 5.83. The normalized spacial score (nSPS) is 14.8. The van der Waals surface area contributed by atoms with Gasteiger partial charge in [-0.1, -0.05) is 60.2 Å². The van der Waals surface area contributed by atoms with E-state index in [1.165, 1.54) is 5.56 Å². The second-order valence-electron chi connectivity index (χ2n) is 4.66. The standard InChI is InChI=1S/C15H15BN2O/c1-12-7-9-14(10-8-12)16-18-17-15(11-19-16)13-5-3-2-4-6-13/h2-10,18H,11H2,1H3. The minimum atomic E-state index is -0.159. The lowest BCUT2D eigenvalue weighted by atomic mass is 9.74. The Hall–Kier alpha value is -2.07. The molecule has 0 saturated heterocycles. The molecule has 0 saturated carbocycles. The molecule has 0 spiro atoms. The average molecular weight is 250 g/mol. The number of nitrogens with one attached hydrogen (secondary N) is 1. The van der Waals surface area contributed by atoms with E-state index in [1.54, 1.807) is 0 Å². The van der Waals surface area contributed by atoms with Crippen molar-refractivity contribution < 1.29 is 4.65 Å². The van der Waals surface area contributed by atoms with Crippen LogP contribution in [0.1, 0.15) is 11.1 Å². The van der Waals surface area contributed by atoms with Crippen LogP contribution in [0.4, 0.5) is 0 Å². The van der Waals surface area contributed by atoms with Gasteiger partial charge in [0.1, 0.15) is 0 Å². The molecule has 0 aromatic heterocycles. The summed E-state index contributed by atoms with van der Waals surface area (Å²) >= 11 is 0. The first-order valence-corrected chi connectivity index (χ1v) is 6.38. The highest BCUT2D eigenvalue weighted by Crippen LogP contribution is 2.05. The van der Waals surface area contributed by atoms with Crippen molar-refractivity contribution in [2.24, 2.45) is 5.10 Å². The van der Waals surface area contributed by atoms with E-state index in [-0.39, 0.29) is 7.05 Å². The molecule has 1 aliphatic heterocycles. The molecule has 2 aromatic rings. The molecule has 0 unspecified atom stereocenters. The Bertz CT molecular complexity index is 581. The van der Waals surface area contributed by atoms with Crippen LogP contribution in [0, 0.1) is 6.92 Å². The van der Waals surface area contributed by atoms with Crippen molar-refractivity contribution in [3.8, 4) is 0 Å². The average Bonchev–Trinajstić information content (AvgIpc) is 2.49. The monoisotopic (exact) mass is 250 g/mol. The lowest BCUT2D eigenvalue weighted by molar-refractivity contribution is 0.369. The van der Waals surface area contributed by atoms with Gasteiger partial charge in [0.25, 0.3) is 0 Å². The summed E-state index contributed by atoms with van der Waals surface area (Å²) in [6.45, 7) is 2.60. The van der Waals surface area contributed by atoms with Gasteiger partial charge in [-0.05, 0) is 17.9 Å². The third kappa shape index (κ3) is 2.69. The summed E-state index contributed by atoms with van der Waals surface area (Å²) in [6.07, 6.45) is 0. The lowest BCUT2D eigenvalue weighted by Gasteiger charge is -2.20. The Labute approximate surface area is 113 Å². The van der Waals surface area contributed by atoms with Crippen molar-refractivity contribution in [2.75, 3.05) is 6.61 Å². The molecule has 1 N–H and O–H groups in total. The van der Waals surface area contributed by atoms with Gasteiger partial charge in [0.15, 0.2) is 0 Å². The fourth-order valence-corrected chi connectivity index (χ4v) is 2.06. The maximum Gasteiger partial charge on any atom is 0.466 e. The highest BCUT2D eigenvalue weighted by atomic mass is 16.4. The van der Waals surface area contributed by atoms with Gasteiger partial charge in [-0.3, -0.25) is 0 Å². The number of aryl methyl sites for hydroxylation is 1. The molecule has 94 valence electrons. The first-order valence-electron chi connectivity index (χ1n) is 6.38. The first kappa shape index (κ1) is 12.0. The third-order valence-corrected chi connectivity index (χ3v) is 3.19. The molecular formula is C15H15BN2O. The van der Waals surface area contributed by atoms with Gasteiger partial charge >= 0.3 is 7.05 Å². The van der Waals surface area contributed by atoms with Crippen molar-refractivity contribution in [1.82, 2.24) is 5.34 Å². The van der Waals surface area contributed by atoms with Crippen molar-refractivity contribution >= 4 is 18.2 Å². The van der Waals surface area contributed by atoms with Crippen LogP contribution in [0.5, 0.6) is 0 Å². The predicted molar refractivity (Wildman–Crippen MR) is 78.6 cm³/mol. The molecule has 1 aliphatic rings. The molecule has 0 bridgehead atoms. The van der Waals surface area contributed by atoms with Gasteiger partial charge in [-0.15, -0.1) is 0 Å². The lowest BCUT2D eigenvalue weighted by Crippen LogP contribution is -2.49. The van der Waals surface area contributed by atoms with E-state index in [0.29, 0.717) is 6.61 Å². The summed E-state index contributed by atoms with van der Waals surface area (Å²) in [5.74, 6) is 0. The van der Waals surface area contributed by atoms with Crippen LogP contribution in [-0.4, -0.2) is 19.4 Å². The Morgan fingerprint density at radius 1 is 1.05 bits per heavy atom. The van der Waals surface area contributed by atoms with Gasteiger partial charge in [-0.25, -0.2) is 0 Å². The van der Waals surface area contributed by atoms with Gasteiger partial charge in [0, 0.05) is 0 Å². The zero-order valence-corrected chi connectivity index (χ0v) is 10.8. The molecule has 2 aromatic carbocycles. The van der Waals surface area contributed by atoms with E-state index in [0.717, 1.165) is 16.7 Å². The number of hydrogen-bond donors (Lipinski definition) is 1. The van der Waals surface area contributed by atoms with Crippen molar-refractivity contribution in [3.63, 3.8) is 0 Å². The van der Waals surface area contributed by atoms with Gasteiger partial charge in [-0.2, -0.15) is 5.10 Å². The molecule has 1 heterocycles. The molecule has 0 fully saturated rings. The summed E-state index contributed by atoms with van der Waals surface area (Å²) in [7, 11) is -0.159. The Kier molecular flexibility index (Phi) is 3.34. The van der Waals surface area contributed by atoms with E-state index < -0.39 is 0 Å². The third-order valence-electron chi connectivity index (χ3n) is 3.19. The minimum absolute atomic E-state index is 0.159. The van der Waals surface area contributed by atoms with Crippen LogP contribution in [0.2, 0.25) is 0 Å². The van der Waals surface area contributed by atoms with E-state index in [4.69, 9.17) is 4.65 Å². The van der Waals surface area contributed by atoms with Crippen molar-refractivity contribution in [3.05, 3.63) is 65.7 Å². The molecular weight excluding hydrogens is 235 g/mol. The Morgan fingerprint density at radius 3 is 2.42 bits per heavy atom. The molecule has 0 atom stereocenters. The van der Waals surface area contributed by atoms with E-state index in [1.807, 2.05) is 30.3 Å². The minimum Gasteiger partial charge on any atom is -0.406 e. The Balaban J connectivity index is 1.75. The summed E-state index contributed by atoms with van der Waals surface area (Å²) in [5, 5.41) is 7.49. The molecule has 4 heteroatoms. The van der Waals surface area contributed by atoms with Crippen LogP contribution in [-0.2, 0) is 4.65 Å². The zero-order valence-electron chi connectivity index (χ0n) is 10.8. The van der Waals surface area contributed by atoms with Crippen molar-refractivity contribution in [1.29, 1.82) is 0 Å². The van der Waals surface area contributed by atoms with E-state index in [9.17, 15) is 0 Å². The number of benzene rings is 2. The van der Waals surface area contributed by atoms with Gasteiger partial charge in [0.05, 0.1) is 12.3 Å². The summed E-state index contributed by atoms with van der Waals surface area (Å²) in [5.41, 5.74) is 4.37.